The van der Waals surface area contributed by atoms with E-state index in [-0.39, 0.29) is 17.7 Å². The van der Waals surface area contributed by atoms with E-state index < -0.39 is 24.5 Å². The lowest BCUT2D eigenvalue weighted by atomic mass is 10.1. The summed E-state index contributed by atoms with van der Waals surface area (Å²) in [6.07, 6.45) is 2.55. The van der Waals surface area contributed by atoms with Gasteiger partial charge in [0.2, 0.25) is 0 Å². The second-order valence-electron chi connectivity index (χ2n) is 6.70. The first kappa shape index (κ1) is 21.2. The molecule has 0 saturated carbocycles. The highest BCUT2D eigenvalue weighted by molar-refractivity contribution is 6.42. The van der Waals surface area contributed by atoms with Gasteiger partial charge in [0.25, 0.3) is 11.8 Å². The summed E-state index contributed by atoms with van der Waals surface area (Å²) in [4.78, 5) is 38.4. The molecule has 1 saturated heterocycles. The molecule has 154 valence electrons. The van der Waals surface area contributed by atoms with Gasteiger partial charge in [-0.2, -0.15) is 0 Å². The van der Waals surface area contributed by atoms with Gasteiger partial charge in [0, 0.05) is 6.54 Å². The molecule has 2 aromatic rings. The smallest absolute Gasteiger partial charge is 0.329 e. The van der Waals surface area contributed by atoms with E-state index in [1.54, 1.807) is 37.3 Å². The maximum Gasteiger partial charge on any atom is 0.329 e. The molecule has 0 bridgehead atoms. The second kappa shape index (κ2) is 9.33. The van der Waals surface area contributed by atoms with Crippen LogP contribution in [0.5, 0.6) is 0 Å². The number of likely N-dealkylation sites (tertiary alicyclic amines) is 1. The number of benzene rings is 1. The molecule has 0 spiro atoms. The number of nitrogens with zero attached hydrogens (tertiary/aromatic N) is 1. The van der Waals surface area contributed by atoms with Crippen molar-refractivity contribution in [2.75, 3.05) is 13.2 Å². The van der Waals surface area contributed by atoms with Crippen molar-refractivity contribution in [3.63, 3.8) is 0 Å². The van der Waals surface area contributed by atoms with E-state index in [2.05, 4.69) is 5.32 Å². The zero-order valence-corrected chi connectivity index (χ0v) is 17.2. The van der Waals surface area contributed by atoms with Gasteiger partial charge >= 0.3 is 5.97 Å². The maximum atomic E-state index is 12.4. The minimum Gasteiger partial charge on any atom is -0.459 e. The lowest BCUT2D eigenvalue weighted by Gasteiger charge is -2.22. The van der Waals surface area contributed by atoms with Crippen molar-refractivity contribution in [3.8, 4) is 0 Å². The van der Waals surface area contributed by atoms with Gasteiger partial charge in [-0.3, -0.25) is 9.59 Å². The van der Waals surface area contributed by atoms with Gasteiger partial charge in [0.15, 0.2) is 12.4 Å². The van der Waals surface area contributed by atoms with E-state index in [1.165, 1.54) is 11.2 Å². The first-order valence-corrected chi connectivity index (χ1v) is 9.88. The highest BCUT2D eigenvalue weighted by Gasteiger charge is 2.36. The summed E-state index contributed by atoms with van der Waals surface area (Å²) >= 11 is 11.9. The molecule has 1 aliphatic rings. The van der Waals surface area contributed by atoms with Gasteiger partial charge in [0.05, 0.1) is 22.4 Å². The third-order valence-corrected chi connectivity index (χ3v) is 5.42. The Morgan fingerprint density at radius 2 is 2.07 bits per heavy atom. The molecule has 1 aromatic carbocycles. The maximum absolute atomic E-state index is 12.4. The summed E-state index contributed by atoms with van der Waals surface area (Å²) in [6.45, 7) is 1.77. The summed E-state index contributed by atoms with van der Waals surface area (Å²) in [6, 6.07) is 7.13. The van der Waals surface area contributed by atoms with Gasteiger partial charge in [-0.25, -0.2) is 4.79 Å². The molecule has 3 rings (SSSR count). The number of hydrogen-bond donors (Lipinski definition) is 1. The van der Waals surface area contributed by atoms with Crippen molar-refractivity contribution in [1.29, 1.82) is 0 Å². The number of amides is 2. The number of halogens is 2. The van der Waals surface area contributed by atoms with E-state index in [9.17, 15) is 14.4 Å². The van der Waals surface area contributed by atoms with Crippen molar-refractivity contribution in [1.82, 2.24) is 10.2 Å². The number of carbonyl (C=O) groups excluding carboxylic acids is 3. The topological polar surface area (TPSA) is 88.9 Å². The monoisotopic (exact) mass is 438 g/mol. The van der Waals surface area contributed by atoms with Gasteiger partial charge in [0.1, 0.15) is 6.04 Å². The summed E-state index contributed by atoms with van der Waals surface area (Å²) in [5.41, 5.74) is 0.769. The Bertz CT molecular complexity index is 900. The van der Waals surface area contributed by atoms with Gasteiger partial charge < -0.3 is 19.4 Å². The third-order valence-electron chi connectivity index (χ3n) is 4.68. The summed E-state index contributed by atoms with van der Waals surface area (Å²) < 4.78 is 10.3. The Morgan fingerprint density at radius 3 is 2.76 bits per heavy atom. The Balaban J connectivity index is 1.52. The van der Waals surface area contributed by atoms with E-state index in [4.69, 9.17) is 32.4 Å². The molecule has 1 aromatic heterocycles. The lowest BCUT2D eigenvalue weighted by Crippen LogP contribution is -2.42. The van der Waals surface area contributed by atoms with Crippen LogP contribution in [0.1, 0.15) is 41.9 Å². The van der Waals surface area contributed by atoms with Crippen LogP contribution in [-0.2, 0) is 14.3 Å². The predicted octanol–water partition coefficient (Wildman–Crippen LogP) is 3.61. The Morgan fingerprint density at radius 1 is 1.28 bits per heavy atom. The molecule has 1 aliphatic heterocycles. The van der Waals surface area contributed by atoms with Gasteiger partial charge in [-0.1, -0.05) is 29.3 Å². The fourth-order valence-corrected chi connectivity index (χ4v) is 3.48. The highest BCUT2D eigenvalue weighted by Crippen LogP contribution is 2.25. The van der Waals surface area contributed by atoms with Crippen molar-refractivity contribution in [3.05, 3.63) is 58.0 Å². The first-order chi connectivity index (χ1) is 13.9. The minimum atomic E-state index is -0.729. The van der Waals surface area contributed by atoms with Crippen LogP contribution in [0, 0.1) is 0 Å². The van der Waals surface area contributed by atoms with Gasteiger partial charge in [-0.15, -0.1) is 0 Å². The van der Waals surface area contributed by atoms with Crippen molar-refractivity contribution >= 4 is 41.0 Å². The quantitative estimate of drug-likeness (QED) is 0.695. The third kappa shape index (κ3) is 5.10. The average molecular weight is 439 g/mol. The van der Waals surface area contributed by atoms with Gasteiger partial charge in [-0.05, 0) is 49.6 Å². The van der Waals surface area contributed by atoms with Crippen molar-refractivity contribution < 1.29 is 23.5 Å². The Kier molecular flexibility index (Phi) is 6.82. The molecule has 2 heterocycles. The van der Waals surface area contributed by atoms with Crippen LogP contribution in [-0.4, -0.2) is 41.9 Å². The first-order valence-electron chi connectivity index (χ1n) is 9.12. The summed E-state index contributed by atoms with van der Waals surface area (Å²) in [5, 5.41) is 3.54. The number of furan rings is 1. The molecule has 1 fully saturated rings. The van der Waals surface area contributed by atoms with Crippen LogP contribution in [0.15, 0.2) is 41.0 Å². The highest BCUT2D eigenvalue weighted by atomic mass is 35.5. The zero-order valence-electron chi connectivity index (χ0n) is 15.7. The van der Waals surface area contributed by atoms with Crippen LogP contribution in [0.25, 0.3) is 0 Å². The summed E-state index contributed by atoms with van der Waals surface area (Å²) in [7, 11) is 0. The zero-order chi connectivity index (χ0) is 21.0. The SMILES string of the molecule is CC(NC(=O)COC(=O)C1CCCN1C(=O)c1ccco1)c1ccc(Cl)c(Cl)c1. The fourth-order valence-electron chi connectivity index (χ4n) is 3.18. The van der Waals surface area contributed by atoms with Crippen LogP contribution in [0.3, 0.4) is 0 Å². The largest absolute Gasteiger partial charge is 0.459 e. The molecule has 2 unspecified atom stereocenters. The summed E-state index contributed by atoms with van der Waals surface area (Å²) in [5.74, 6) is -1.27. The van der Waals surface area contributed by atoms with E-state index in [0.717, 1.165) is 5.56 Å². The number of nitrogens with one attached hydrogen (secondary N) is 1. The van der Waals surface area contributed by atoms with Crippen LogP contribution in [0.4, 0.5) is 0 Å². The molecular formula is C20H20Cl2N2O5. The van der Waals surface area contributed by atoms with E-state index in [0.29, 0.717) is 29.4 Å². The standard InChI is InChI=1S/C20H20Cl2N2O5/c1-12(13-6-7-14(21)15(22)10-13)23-18(25)11-29-20(27)16-4-2-8-24(16)19(26)17-5-3-9-28-17/h3,5-7,9-10,12,16H,2,4,8,11H2,1H3,(H,23,25). The predicted molar refractivity (Wildman–Crippen MR) is 107 cm³/mol. The molecule has 29 heavy (non-hydrogen) atoms. The number of ether oxygens (including phenoxy) is 1. The molecule has 0 radical (unpaired) electrons. The molecule has 2 atom stereocenters. The van der Waals surface area contributed by atoms with Crippen molar-refractivity contribution in [2.24, 2.45) is 0 Å². The average Bonchev–Trinajstić information content (AvgIpc) is 3.39. The molecule has 2 amide bonds. The molecule has 7 nitrogen and oxygen atoms in total. The number of hydrogen-bond acceptors (Lipinski definition) is 5. The normalized spacial score (nSPS) is 17.1. The molecular weight excluding hydrogens is 419 g/mol. The van der Waals surface area contributed by atoms with Crippen LogP contribution >= 0.6 is 23.2 Å². The fraction of sp³-hybridized carbons (Fsp3) is 0.350. The van der Waals surface area contributed by atoms with Crippen molar-refractivity contribution in [2.45, 2.75) is 31.8 Å². The Hall–Kier alpha value is -2.51. The Labute approximate surface area is 177 Å². The van der Waals surface area contributed by atoms with E-state index in [1.807, 2.05) is 0 Å². The number of carbonyl (C=O) groups is 3. The van der Waals surface area contributed by atoms with E-state index >= 15 is 0 Å². The number of rotatable bonds is 6. The molecule has 0 aliphatic carbocycles. The second-order valence-corrected chi connectivity index (χ2v) is 7.52. The lowest BCUT2D eigenvalue weighted by molar-refractivity contribution is -0.152. The van der Waals surface area contributed by atoms with Crippen LogP contribution in [0.2, 0.25) is 10.0 Å². The molecule has 1 N–H and O–H groups in total. The number of esters is 1. The van der Waals surface area contributed by atoms with Crippen LogP contribution < -0.4 is 5.32 Å². The minimum absolute atomic E-state index is 0.165. The molecule has 9 heteroatoms.